The molecule has 3 heteroatoms. The topological polar surface area (TPSA) is 44.1 Å². The normalized spacial score (nSPS) is 18.1. The van der Waals surface area contributed by atoms with E-state index < -0.39 is 0 Å². The summed E-state index contributed by atoms with van der Waals surface area (Å²) in [7, 11) is 0. The van der Waals surface area contributed by atoms with E-state index in [0.29, 0.717) is 12.3 Å². The van der Waals surface area contributed by atoms with Crippen LogP contribution in [0.3, 0.4) is 0 Å². The van der Waals surface area contributed by atoms with Crippen molar-refractivity contribution in [3.63, 3.8) is 0 Å². The van der Waals surface area contributed by atoms with Crippen LogP contribution in [-0.4, -0.2) is 23.9 Å². The first-order valence-electron chi connectivity index (χ1n) is 5.02. The van der Waals surface area contributed by atoms with Gasteiger partial charge in [0.15, 0.2) is 0 Å². The second-order valence-electron chi connectivity index (χ2n) is 3.58. The Morgan fingerprint density at radius 1 is 1.60 bits per heavy atom. The van der Waals surface area contributed by atoms with Gasteiger partial charge in [0.25, 0.3) is 0 Å². The number of allylic oxidation sites excluding steroid dienone is 2. The van der Waals surface area contributed by atoms with Crippen molar-refractivity contribution in [2.24, 2.45) is 5.92 Å². The maximum atomic E-state index is 11.7. The lowest BCUT2D eigenvalue weighted by molar-refractivity contribution is -0.130. The summed E-state index contributed by atoms with van der Waals surface area (Å²) in [6, 6.07) is 1.95. The Bertz CT molecular complexity index is 317. The smallest absolute Gasteiger partial charge is 0.224 e. The number of terminal acetylenes is 1. The van der Waals surface area contributed by atoms with Gasteiger partial charge in [0.2, 0.25) is 5.91 Å². The number of amides is 1. The molecule has 0 saturated heterocycles. The van der Waals surface area contributed by atoms with E-state index in [1.165, 1.54) is 4.90 Å². The zero-order valence-electron chi connectivity index (χ0n) is 8.65. The summed E-state index contributed by atoms with van der Waals surface area (Å²) < 4.78 is 0. The third kappa shape index (κ3) is 3.48. The van der Waals surface area contributed by atoms with Gasteiger partial charge in [-0.2, -0.15) is 5.26 Å². The zero-order valence-corrected chi connectivity index (χ0v) is 8.65. The van der Waals surface area contributed by atoms with Crippen molar-refractivity contribution in [2.75, 3.05) is 13.1 Å². The summed E-state index contributed by atoms with van der Waals surface area (Å²) >= 11 is 0. The van der Waals surface area contributed by atoms with E-state index in [4.69, 9.17) is 11.7 Å². The van der Waals surface area contributed by atoms with Crippen LogP contribution in [0, 0.1) is 29.6 Å². The van der Waals surface area contributed by atoms with Gasteiger partial charge in [0.05, 0.1) is 12.6 Å². The average Bonchev–Trinajstić information content (AvgIpc) is 2.70. The summed E-state index contributed by atoms with van der Waals surface area (Å²) in [5, 5.41) is 8.55. The molecule has 3 nitrogen and oxygen atoms in total. The molecule has 0 fully saturated rings. The van der Waals surface area contributed by atoms with Gasteiger partial charge in [-0.05, 0) is 18.8 Å². The molecular formula is C12H14N2O. The average molecular weight is 202 g/mol. The van der Waals surface area contributed by atoms with E-state index in [-0.39, 0.29) is 19.0 Å². The first-order valence-corrected chi connectivity index (χ1v) is 5.02. The third-order valence-corrected chi connectivity index (χ3v) is 2.45. The van der Waals surface area contributed by atoms with Crippen molar-refractivity contribution in [2.45, 2.75) is 19.3 Å². The fraction of sp³-hybridized carbons (Fsp3) is 0.500. The van der Waals surface area contributed by atoms with Crippen LogP contribution in [-0.2, 0) is 4.79 Å². The molecule has 0 heterocycles. The molecule has 0 aromatic heterocycles. The summed E-state index contributed by atoms with van der Waals surface area (Å²) in [6.45, 7) is 0.308. The predicted molar refractivity (Wildman–Crippen MR) is 57.5 cm³/mol. The molecule has 0 aliphatic heterocycles. The number of hydrogen-bond donors (Lipinski definition) is 0. The van der Waals surface area contributed by atoms with E-state index in [1.807, 2.05) is 6.07 Å². The molecule has 0 radical (unpaired) electrons. The highest BCUT2D eigenvalue weighted by Gasteiger charge is 2.18. The molecule has 1 amide bonds. The van der Waals surface area contributed by atoms with Gasteiger partial charge in [-0.3, -0.25) is 4.79 Å². The largest absolute Gasteiger partial charge is 0.318 e. The molecule has 0 bridgehead atoms. The fourth-order valence-corrected chi connectivity index (χ4v) is 1.65. The van der Waals surface area contributed by atoms with Crippen LogP contribution in [0.25, 0.3) is 0 Å². The Morgan fingerprint density at radius 3 is 2.93 bits per heavy atom. The summed E-state index contributed by atoms with van der Waals surface area (Å²) in [4.78, 5) is 13.1. The van der Waals surface area contributed by atoms with Crippen molar-refractivity contribution >= 4 is 5.91 Å². The second kappa shape index (κ2) is 5.88. The van der Waals surface area contributed by atoms with Crippen LogP contribution >= 0.6 is 0 Å². The summed E-state index contributed by atoms with van der Waals surface area (Å²) in [5.41, 5.74) is 0. The highest BCUT2D eigenvalue weighted by molar-refractivity contribution is 5.77. The van der Waals surface area contributed by atoms with E-state index in [0.717, 1.165) is 12.8 Å². The van der Waals surface area contributed by atoms with Gasteiger partial charge in [-0.1, -0.05) is 18.1 Å². The highest BCUT2D eigenvalue weighted by Crippen LogP contribution is 2.21. The van der Waals surface area contributed by atoms with Gasteiger partial charge in [-0.25, -0.2) is 0 Å². The van der Waals surface area contributed by atoms with Crippen molar-refractivity contribution in [1.82, 2.24) is 4.90 Å². The number of hydrogen-bond acceptors (Lipinski definition) is 2. The van der Waals surface area contributed by atoms with E-state index in [9.17, 15) is 4.79 Å². The van der Waals surface area contributed by atoms with Crippen LogP contribution in [0.2, 0.25) is 0 Å². The van der Waals surface area contributed by atoms with Gasteiger partial charge < -0.3 is 4.90 Å². The van der Waals surface area contributed by atoms with Crippen LogP contribution in [0.15, 0.2) is 12.2 Å². The van der Waals surface area contributed by atoms with Crippen molar-refractivity contribution < 1.29 is 4.79 Å². The Kier molecular flexibility index (Phi) is 4.44. The van der Waals surface area contributed by atoms with Gasteiger partial charge in [0, 0.05) is 6.42 Å². The molecular weight excluding hydrogens is 188 g/mol. The molecule has 0 aromatic carbocycles. The predicted octanol–water partition coefficient (Wildman–Crippen LogP) is 1.33. The molecule has 78 valence electrons. The lowest BCUT2D eigenvalue weighted by Gasteiger charge is -2.18. The monoisotopic (exact) mass is 202 g/mol. The number of rotatable bonds is 4. The number of carbonyl (C=O) groups is 1. The second-order valence-corrected chi connectivity index (χ2v) is 3.58. The van der Waals surface area contributed by atoms with Gasteiger partial charge in [-0.15, -0.1) is 6.42 Å². The van der Waals surface area contributed by atoms with Crippen molar-refractivity contribution in [3.8, 4) is 18.4 Å². The first-order chi connectivity index (χ1) is 7.27. The van der Waals surface area contributed by atoms with Crippen LogP contribution < -0.4 is 0 Å². The van der Waals surface area contributed by atoms with Crippen LogP contribution in [0.5, 0.6) is 0 Å². The maximum Gasteiger partial charge on any atom is 0.224 e. The maximum absolute atomic E-state index is 11.7. The Labute approximate surface area is 90.4 Å². The standard InChI is InChI=1S/C12H14N2O/c1-2-8-14(9-7-13)12(15)10-11-5-3-4-6-11/h1,3,5,11H,4,6,8-10H2/t11-/m0/s1. The van der Waals surface area contributed by atoms with Gasteiger partial charge in [0.1, 0.15) is 6.54 Å². The third-order valence-electron chi connectivity index (χ3n) is 2.45. The Hall–Kier alpha value is -1.74. The van der Waals surface area contributed by atoms with Gasteiger partial charge >= 0.3 is 0 Å². The minimum Gasteiger partial charge on any atom is -0.318 e. The summed E-state index contributed by atoms with van der Waals surface area (Å²) in [6.07, 6.45) is 11.8. The van der Waals surface area contributed by atoms with Crippen molar-refractivity contribution in [1.29, 1.82) is 5.26 Å². The van der Waals surface area contributed by atoms with Crippen LogP contribution in [0.4, 0.5) is 0 Å². The quantitative estimate of drug-likeness (QED) is 0.392. The first kappa shape index (κ1) is 11.3. The molecule has 1 aliphatic rings. The molecule has 15 heavy (non-hydrogen) atoms. The minimum atomic E-state index is -0.0222. The molecule has 0 aromatic rings. The highest BCUT2D eigenvalue weighted by atomic mass is 16.2. The summed E-state index contributed by atoms with van der Waals surface area (Å²) in [5.74, 6) is 2.70. The number of nitrogens with zero attached hydrogens (tertiary/aromatic N) is 2. The molecule has 0 spiro atoms. The van der Waals surface area contributed by atoms with Crippen molar-refractivity contribution in [3.05, 3.63) is 12.2 Å². The van der Waals surface area contributed by atoms with E-state index in [1.54, 1.807) is 0 Å². The molecule has 0 saturated carbocycles. The SMILES string of the molecule is C#CCN(CC#N)C(=O)C[C@H]1C=CCC1. The lowest BCUT2D eigenvalue weighted by Crippen LogP contribution is -2.32. The van der Waals surface area contributed by atoms with E-state index in [2.05, 4.69) is 18.1 Å². The van der Waals surface area contributed by atoms with E-state index >= 15 is 0 Å². The molecule has 1 atom stereocenters. The fourth-order valence-electron chi connectivity index (χ4n) is 1.65. The molecule has 0 N–H and O–H groups in total. The number of carbonyl (C=O) groups excluding carboxylic acids is 1. The van der Waals surface area contributed by atoms with Crippen LogP contribution in [0.1, 0.15) is 19.3 Å². The lowest BCUT2D eigenvalue weighted by atomic mass is 10.0. The molecule has 1 aliphatic carbocycles. The number of nitriles is 1. The Balaban J connectivity index is 2.45. The zero-order chi connectivity index (χ0) is 11.1. The molecule has 0 unspecified atom stereocenters. The Morgan fingerprint density at radius 2 is 2.40 bits per heavy atom. The molecule has 1 rings (SSSR count). The minimum absolute atomic E-state index is 0.0222.